The fourth-order valence-electron chi connectivity index (χ4n) is 1.88. The Morgan fingerprint density at radius 2 is 2.38 bits per heavy atom. The van der Waals surface area contributed by atoms with Crippen molar-refractivity contribution in [1.82, 2.24) is 4.90 Å². The molecule has 1 aliphatic heterocycles. The molecule has 2 atom stereocenters. The first-order chi connectivity index (χ1) is 6.20. The highest BCUT2D eigenvalue weighted by molar-refractivity contribution is 5.78. The average Bonchev–Trinajstić information content (AvgIpc) is 2.47. The zero-order chi connectivity index (χ0) is 9.84. The second kappa shape index (κ2) is 4.58. The third-order valence-corrected chi connectivity index (χ3v) is 2.71. The summed E-state index contributed by atoms with van der Waals surface area (Å²) in [6, 6.07) is 0.211. The van der Waals surface area contributed by atoms with Crippen molar-refractivity contribution in [2.75, 3.05) is 26.8 Å². The maximum absolute atomic E-state index is 11.5. The van der Waals surface area contributed by atoms with Gasteiger partial charge in [0.1, 0.15) is 6.61 Å². The second-order valence-corrected chi connectivity index (χ2v) is 3.59. The van der Waals surface area contributed by atoms with Gasteiger partial charge in [0.15, 0.2) is 0 Å². The van der Waals surface area contributed by atoms with Crippen LogP contribution in [-0.4, -0.2) is 43.7 Å². The molecule has 0 aromatic carbocycles. The maximum atomic E-state index is 11.5. The fourth-order valence-corrected chi connectivity index (χ4v) is 1.88. The van der Waals surface area contributed by atoms with E-state index in [0.717, 1.165) is 13.0 Å². The highest BCUT2D eigenvalue weighted by Crippen LogP contribution is 2.22. The van der Waals surface area contributed by atoms with E-state index in [1.54, 1.807) is 0 Å². The molecule has 0 aromatic rings. The minimum absolute atomic E-state index is 0.0577. The van der Waals surface area contributed by atoms with Crippen LogP contribution in [0, 0.1) is 5.92 Å². The van der Waals surface area contributed by atoms with Crippen LogP contribution in [0.15, 0.2) is 0 Å². The van der Waals surface area contributed by atoms with E-state index in [9.17, 15) is 4.79 Å². The van der Waals surface area contributed by atoms with Crippen molar-refractivity contribution in [3.05, 3.63) is 0 Å². The molecule has 0 aromatic heterocycles. The van der Waals surface area contributed by atoms with Gasteiger partial charge in [-0.2, -0.15) is 0 Å². The molecule has 1 amide bonds. The summed E-state index contributed by atoms with van der Waals surface area (Å²) in [5.74, 6) is 0.577. The van der Waals surface area contributed by atoms with Gasteiger partial charge in [-0.15, -0.1) is 0 Å². The number of likely N-dealkylation sites (tertiary alicyclic amines) is 1. The predicted molar refractivity (Wildman–Crippen MR) is 50.2 cm³/mol. The van der Waals surface area contributed by atoms with Crippen LogP contribution >= 0.6 is 0 Å². The summed E-state index contributed by atoms with van der Waals surface area (Å²) in [5.41, 5.74) is 5.61. The molecule has 1 saturated heterocycles. The first kappa shape index (κ1) is 10.5. The van der Waals surface area contributed by atoms with Crippen LogP contribution < -0.4 is 5.73 Å². The van der Waals surface area contributed by atoms with Gasteiger partial charge in [0.05, 0.1) is 0 Å². The van der Waals surface area contributed by atoms with Gasteiger partial charge in [0, 0.05) is 26.2 Å². The van der Waals surface area contributed by atoms with Gasteiger partial charge in [-0.25, -0.2) is 0 Å². The van der Waals surface area contributed by atoms with Crippen LogP contribution in [0.4, 0.5) is 0 Å². The van der Waals surface area contributed by atoms with Crippen molar-refractivity contribution in [3.8, 4) is 0 Å². The van der Waals surface area contributed by atoms with Gasteiger partial charge >= 0.3 is 0 Å². The third kappa shape index (κ3) is 2.19. The molecule has 2 unspecified atom stereocenters. The molecule has 0 aliphatic carbocycles. The van der Waals surface area contributed by atoms with Crippen molar-refractivity contribution < 1.29 is 9.53 Å². The van der Waals surface area contributed by atoms with Gasteiger partial charge in [-0.3, -0.25) is 4.79 Å². The minimum Gasteiger partial charge on any atom is -0.375 e. The lowest BCUT2D eigenvalue weighted by molar-refractivity contribution is -0.136. The van der Waals surface area contributed by atoms with Gasteiger partial charge < -0.3 is 15.4 Å². The molecule has 1 fully saturated rings. The van der Waals surface area contributed by atoms with E-state index >= 15 is 0 Å². The molecule has 4 nitrogen and oxygen atoms in total. The summed E-state index contributed by atoms with van der Waals surface area (Å²) in [7, 11) is 1.54. The molecule has 1 heterocycles. The summed E-state index contributed by atoms with van der Waals surface area (Å²) in [5, 5.41) is 0. The Hall–Kier alpha value is -0.610. The smallest absolute Gasteiger partial charge is 0.248 e. The molecule has 0 radical (unpaired) electrons. The van der Waals surface area contributed by atoms with Gasteiger partial charge in [-0.05, 0) is 12.3 Å². The summed E-state index contributed by atoms with van der Waals surface area (Å²) in [6.07, 6.45) is 1.05. The highest BCUT2D eigenvalue weighted by atomic mass is 16.5. The number of amides is 1. The Kier molecular flexibility index (Phi) is 3.69. The number of rotatable bonds is 3. The molecular weight excluding hydrogens is 168 g/mol. The third-order valence-electron chi connectivity index (χ3n) is 2.71. The topological polar surface area (TPSA) is 55.6 Å². The predicted octanol–water partition coefficient (Wildman–Crippen LogP) is -0.171. The zero-order valence-corrected chi connectivity index (χ0v) is 8.32. The van der Waals surface area contributed by atoms with E-state index in [1.807, 2.05) is 4.90 Å². The molecule has 1 aliphatic rings. The highest BCUT2D eigenvalue weighted by Gasteiger charge is 2.32. The molecule has 4 heteroatoms. The average molecular weight is 186 g/mol. The van der Waals surface area contributed by atoms with Crippen LogP contribution in [0.5, 0.6) is 0 Å². The lowest BCUT2D eigenvalue weighted by atomic mass is 10.0. The van der Waals surface area contributed by atoms with Gasteiger partial charge in [-0.1, -0.05) is 6.92 Å². The Balaban J connectivity index is 2.54. The summed E-state index contributed by atoms with van der Waals surface area (Å²) >= 11 is 0. The maximum Gasteiger partial charge on any atom is 0.248 e. The molecule has 0 bridgehead atoms. The monoisotopic (exact) mass is 186 g/mol. The number of hydrogen-bond donors (Lipinski definition) is 1. The number of hydrogen-bond acceptors (Lipinski definition) is 3. The minimum atomic E-state index is 0.0577. The SMILES string of the molecule is COCC(=O)N1CCC(C)C1CN. The number of ether oxygens (including phenoxy) is 1. The standard InChI is InChI=1S/C9H18N2O2/c1-7-3-4-11(8(7)5-10)9(12)6-13-2/h7-8H,3-6,10H2,1-2H3. The van der Waals surface area contributed by atoms with E-state index in [1.165, 1.54) is 7.11 Å². The van der Waals surface area contributed by atoms with Crippen LogP contribution in [-0.2, 0) is 9.53 Å². The summed E-state index contributed by atoms with van der Waals surface area (Å²) in [4.78, 5) is 13.3. The fraction of sp³-hybridized carbons (Fsp3) is 0.889. The number of carbonyl (C=O) groups excluding carboxylic acids is 1. The lowest BCUT2D eigenvalue weighted by Gasteiger charge is -2.25. The molecule has 1 rings (SSSR count). The molecular formula is C9H18N2O2. The van der Waals surface area contributed by atoms with Gasteiger partial charge in [0.2, 0.25) is 5.91 Å². The van der Waals surface area contributed by atoms with E-state index in [-0.39, 0.29) is 18.6 Å². The Bertz CT molecular complexity index is 184. The van der Waals surface area contributed by atoms with E-state index in [0.29, 0.717) is 12.5 Å². The lowest BCUT2D eigenvalue weighted by Crippen LogP contribution is -2.43. The molecule has 0 spiro atoms. The first-order valence-electron chi connectivity index (χ1n) is 4.69. The zero-order valence-electron chi connectivity index (χ0n) is 8.32. The van der Waals surface area contributed by atoms with E-state index in [4.69, 9.17) is 10.5 Å². The van der Waals surface area contributed by atoms with Crippen molar-refractivity contribution >= 4 is 5.91 Å². The van der Waals surface area contributed by atoms with Crippen LogP contribution in [0.1, 0.15) is 13.3 Å². The van der Waals surface area contributed by atoms with Crippen molar-refractivity contribution in [3.63, 3.8) is 0 Å². The second-order valence-electron chi connectivity index (χ2n) is 3.59. The van der Waals surface area contributed by atoms with Crippen LogP contribution in [0.3, 0.4) is 0 Å². The van der Waals surface area contributed by atoms with Gasteiger partial charge in [0.25, 0.3) is 0 Å². The number of carbonyl (C=O) groups is 1. The Morgan fingerprint density at radius 1 is 1.69 bits per heavy atom. The molecule has 2 N–H and O–H groups in total. The van der Waals surface area contributed by atoms with E-state index in [2.05, 4.69) is 6.92 Å². The Morgan fingerprint density at radius 3 is 2.92 bits per heavy atom. The van der Waals surface area contributed by atoms with Crippen LogP contribution in [0.2, 0.25) is 0 Å². The number of nitrogens with two attached hydrogens (primary N) is 1. The van der Waals surface area contributed by atoms with Crippen molar-refractivity contribution in [2.45, 2.75) is 19.4 Å². The first-order valence-corrected chi connectivity index (χ1v) is 4.69. The number of nitrogens with zero attached hydrogens (tertiary/aromatic N) is 1. The number of methoxy groups -OCH3 is 1. The molecule has 76 valence electrons. The molecule has 0 saturated carbocycles. The summed E-state index contributed by atoms with van der Waals surface area (Å²) < 4.78 is 4.81. The normalized spacial score (nSPS) is 28.1. The van der Waals surface area contributed by atoms with Crippen LogP contribution in [0.25, 0.3) is 0 Å². The quantitative estimate of drug-likeness (QED) is 0.665. The van der Waals surface area contributed by atoms with Crippen molar-refractivity contribution in [2.24, 2.45) is 11.7 Å². The largest absolute Gasteiger partial charge is 0.375 e. The molecule has 13 heavy (non-hydrogen) atoms. The van der Waals surface area contributed by atoms with Crippen molar-refractivity contribution in [1.29, 1.82) is 0 Å². The summed E-state index contributed by atoms with van der Waals surface area (Å²) in [6.45, 7) is 3.68. The Labute approximate surface area is 79.0 Å². The van der Waals surface area contributed by atoms with E-state index < -0.39 is 0 Å².